The van der Waals surface area contributed by atoms with Crippen LogP contribution in [0.3, 0.4) is 0 Å². The Kier molecular flexibility index (Phi) is 0.850. The number of allylic oxidation sites excluding steroid dienone is 2. The largest absolute Gasteiger partial charge is 0.299 e. The minimum Gasteiger partial charge on any atom is -0.299 e. The van der Waals surface area contributed by atoms with Crippen molar-refractivity contribution in [2.24, 2.45) is 17.8 Å². The van der Waals surface area contributed by atoms with Gasteiger partial charge in [0.05, 0.1) is 0 Å². The summed E-state index contributed by atoms with van der Waals surface area (Å²) in [7, 11) is 0. The lowest BCUT2D eigenvalue weighted by Crippen LogP contribution is -2.14. The Morgan fingerprint density at radius 1 is 1.56 bits per heavy atom. The number of ketones is 1. The molecule has 1 heteroatoms. The predicted molar refractivity (Wildman–Crippen MR) is 34.9 cm³/mol. The molecule has 0 aromatic heterocycles. The summed E-state index contributed by atoms with van der Waals surface area (Å²) in [6.45, 7) is 2.04. The molecular weight excluding hydrogens is 112 g/mol. The summed E-state index contributed by atoms with van der Waals surface area (Å²) in [5, 5.41) is 0. The van der Waals surface area contributed by atoms with Crippen molar-refractivity contribution in [2.45, 2.75) is 13.3 Å². The van der Waals surface area contributed by atoms with Crippen molar-refractivity contribution in [2.75, 3.05) is 0 Å². The van der Waals surface area contributed by atoms with E-state index in [2.05, 4.69) is 12.2 Å². The van der Waals surface area contributed by atoms with Gasteiger partial charge in [-0.1, -0.05) is 19.1 Å². The van der Waals surface area contributed by atoms with Gasteiger partial charge in [-0.3, -0.25) is 4.79 Å². The summed E-state index contributed by atoms with van der Waals surface area (Å²) in [5.41, 5.74) is 0. The fourth-order valence-electron chi connectivity index (χ4n) is 1.86. The van der Waals surface area contributed by atoms with E-state index in [4.69, 9.17) is 0 Å². The molecule has 2 bridgehead atoms. The maximum atomic E-state index is 11.1. The van der Waals surface area contributed by atoms with Gasteiger partial charge < -0.3 is 0 Å². The second kappa shape index (κ2) is 1.47. The van der Waals surface area contributed by atoms with Gasteiger partial charge in [0, 0.05) is 11.8 Å². The van der Waals surface area contributed by atoms with Gasteiger partial charge in [0.2, 0.25) is 0 Å². The average Bonchev–Trinajstić information content (AvgIpc) is 2.37. The summed E-state index contributed by atoms with van der Waals surface area (Å²) in [6, 6.07) is 0. The highest BCUT2D eigenvalue weighted by Gasteiger charge is 2.40. The zero-order valence-corrected chi connectivity index (χ0v) is 5.50. The molecule has 2 aliphatic carbocycles. The maximum Gasteiger partial charge on any atom is 0.143 e. The van der Waals surface area contributed by atoms with Crippen LogP contribution in [0.4, 0.5) is 0 Å². The first-order chi connectivity index (χ1) is 4.29. The van der Waals surface area contributed by atoms with E-state index in [0.29, 0.717) is 23.5 Å². The van der Waals surface area contributed by atoms with Crippen molar-refractivity contribution in [1.82, 2.24) is 0 Å². The van der Waals surface area contributed by atoms with Gasteiger partial charge in [-0.2, -0.15) is 0 Å². The van der Waals surface area contributed by atoms with Crippen LogP contribution in [-0.2, 0) is 4.79 Å². The van der Waals surface area contributed by atoms with Crippen molar-refractivity contribution in [3.05, 3.63) is 12.2 Å². The molecule has 2 aliphatic rings. The third kappa shape index (κ3) is 0.521. The van der Waals surface area contributed by atoms with Gasteiger partial charge in [0.25, 0.3) is 0 Å². The lowest BCUT2D eigenvalue weighted by molar-refractivity contribution is -0.122. The number of Topliss-reactive ketones (excluding diaryl/α,β-unsaturated/α-hetero) is 1. The highest BCUT2D eigenvalue weighted by atomic mass is 16.1. The standard InChI is InChI=1S/C8H10O/c1-5-6-2-3-7(4-6)8(5)9/h2-3,5-7H,4H2,1H3/t5-,6-,7+/m1/s1. The van der Waals surface area contributed by atoms with E-state index in [1.165, 1.54) is 0 Å². The second-order valence-corrected chi connectivity index (χ2v) is 3.08. The first-order valence-corrected chi connectivity index (χ1v) is 3.51. The summed E-state index contributed by atoms with van der Waals surface area (Å²) in [5.74, 6) is 1.66. The summed E-state index contributed by atoms with van der Waals surface area (Å²) in [4.78, 5) is 11.1. The van der Waals surface area contributed by atoms with Gasteiger partial charge in [-0.05, 0) is 12.3 Å². The third-order valence-corrected chi connectivity index (χ3v) is 2.57. The zero-order chi connectivity index (χ0) is 6.43. The summed E-state index contributed by atoms with van der Waals surface area (Å²) >= 11 is 0. The molecule has 48 valence electrons. The molecule has 1 saturated carbocycles. The molecule has 0 unspecified atom stereocenters. The molecule has 0 aromatic carbocycles. The Hall–Kier alpha value is -0.590. The minimum absolute atomic E-state index is 0.296. The highest BCUT2D eigenvalue weighted by molar-refractivity contribution is 5.88. The van der Waals surface area contributed by atoms with Crippen LogP contribution >= 0.6 is 0 Å². The molecule has 2 rings (SSSR count). The number of fused-ring (bicyclic) bond motifs is 2. The van der Waals surface area contributed by atoms with E-state index in [9.17, 15) is 4.79 Å². The van der Waals surface area contributed by atoms with Crippen LogP contribution in [0.25, 0.3) is 0 Å². The fourth-order valence-corrected chi connectivity index (χ4v) is 1.86. The van der Waals surface area contributed by atoms with Crippen LogP contribution in [-0.4, -0.2) is 5.78 Å². The Labute approximate surface area is 54.8 Å². The average molecular weight is 122 g/mol. The number of rotatable bonds is 0. The van der Waals surface area contributed by atoms with Crippen molar-refractivity contribution in [1.29, 1.82) is 0 Å². The number of carbonyl (C=O) groups is 1. The van der Waals surface area contributed by atoms with E-state index in [1.54, 1.807) is 0 Å². The van der Waals surface area contributed by atoms with Gasteiger partial charge in [-0.25, -0.2) is 0 Å². The lowest BCUT2D eigenvalue weighted by atomic mass is 9.95. The SMILES string of the molecule is C[C@H]1C(=O)[C@H]2C=C[C@@H]1C2. The molecule has 3 atom stereocenters. The van der Waals surface area contributed by atoms with Crippen LogP contribution in [0, 0.1) is 17.8 Å². The van der Waals surface area contributed by atoms with E-state index in [0.717, 1.165) is 6.42 Å². The van der Waals surface area contributed by atoms with Crippen molar-refractivity contribution < 1.29 is 4.79 Å². The number of hydrogen-bond acceptors (Lipinski definition) is 1. The second-order valence-electron chi connectivity index (χ2n) is 3.08. The molecule has 0 aliphatic heterocycles. The summed E-state index contributed by atoms with van der Waals surface area (Å²) < 4.78 is 0. The molecule has 1 nitrogen and oxygen atoms in total. The van der Waals surface area contributed by atoms with Crippen LogP contribution in [0.5, 0.6) is 0 Å². The molecular formula is C8H10O. The zero-order valence-electron chi connectivity index (χ0n) is 5.50. The molecule has 0 amide bonds. The molecule has 0 heterocycles. The van der Waals surface area contributed by atoms with Gasteiger partial charge >= 0.3 is 0 Å². The Bertz CT molecular complexity index is 181. The van der Waals surface area contributed by atoms with E-state index in [-0.39, 0.29) is 0 Å². The number of carbonyl (C=O) groups excluding carboxylic acids is 1. The first-order valence-electron chi connectivity index (χ1n) is 3.51. The molecule has 0 radical (unpaired) electrons. The summed E-state index contributed by atoms with van der Waals surface area (Å²) in [6.07, 6.45) is 5.35. The van der Waals surface area contributed by atoms with Crippen LogP contribution in [0.15, 0.2) is 12.2 Å². The van der Waals surface area contributed by atoms with Crippen molar-refractivity contribution in [3.8, 4) is 0 Å². The van der Waals surface area contributed by atoms with E-state index >= 15 is 0 Å². The Balaban J connectivity index is 2.36. The maximum absolute atomic E-state index is 11.1. The quantitative estimate of drug-likeness (QED) is 0.444. The van der Waals surface area contributed by atoms with Gasteiger partial charge in [-0.15, -0.1) is 0 Å². The number of hydrogen-bond donors (Lipinski definition) is 0. The lowest BCUT2D eigenvalue weighted by Gasteiger charge is -2.08. The van der Waals surface area contributed by atoms with Crippen molar-refractivity contribution in [3.63, 3.8) is 0 Å². The monoisotopic (exact) mass is 122 g/mol. The fraction of sp³-hybridized carbons (Fsp3) is 0.625. The van der Waals surface area contributed by atoms with Gasteiger partial charge in [0.15, 0.2) is 0 Å². The Morgan fingerprint density at radius 2 is 2.33 bits per heavy atom. The molecule has 0 saturated heterocycles. The molecule has 0 N–H and O–H groups in total. The van der Waals surface area contributed by atoms with E-state index < -0.39 is 0 Å². The molecule has 9 heavy (non-hydrogen) atoms. The first kappa shape index (κ1) is 5.21. The van der Waals surface area contributed by atoms with Crippen LogP contribution < -0.4 is 0 Å². The smallest absolute Gasteiger partial charge is 0.143 e. The third-order valence-electron chi connectivity index (χ3n) is 2.57. The molecule has 0 spiro atoms. The minimum atomic E-state index is 0.296. The predicted octanol–water partition coefficient (Wildman–Crippen LogP) is 1.40. The normalized spacial score (nSPS) is 46.8. The topological polar surface area (TPSA) is 17.1 Å². The van der Waals surface area contributed by atoms with E-state index in [1.807, 2.05) is 6.92 Å². The van der Waals surface area contributed by atoms with Gasteiger partial charge in [0.1, 0.15) is 5.78 Å². The van der Waals surface area contributed by atoms with Crippen molar-refractivity contribution >= 4 is 5.78 Å². The Morgan fingerprint density at radius 3 is 2.67 bits per heavy atom. The molecule has 1 fully saturated rings. The molecule has 0 aromatic rings. The van der Waals surface area contributed by atoms with Crippen LogP contribution in [0.1, 0.15) is 13.3 Å². The van der Waals surface area contributed by atoms with Crippen LogP contribution in [0.2, 0.25) is 0 Å². The highest BCUT2D eigenvalue weighted by Crippen LogP contribution is 2.39.